The van der Waals surface area contributed by atoms with E-state index in [0.29, 0.717) is 4.47 Å². The van der Waals surface area contributed by atoms with Crippen molar-refractivity contribution < 1.29 is 9.90 Å². The number of nitrogens with zero attached hydrogens (tertiary/aromatic N) is 1. The predicted molar refractivity (Wildman–Crippen MR) is 48.3 cm³/mol. The summed E-state index contributed by atoms with van der Waals surface area (Å²) in [4.78, 5) is 14.5. The van der Waals surface area contributed by atoms with E-state index in [1.165, 1.54) is 0 Å². The molecule has 0 amide bonds. The fraction of sp³-hybridized carbons (Fsp3) is 0.250. The molecular weight excluding hydrogens is 222 g/mol. The minimum Gasteiger partial charge on any atom is -0.476 e. The molecule has 4 heteroatoms. The minimum atomic E-state index is -1.00. The Morgan fingerprint density at radius 1 is 1.67 bits per heavy atom. The predicted octanol–water partition coefficient (Wildman–Crippen LogP) is 2.10. The Morgan fingerprint density at radius 2 is 2.33 bits per heavy atom. The summed E-state index contributed by atoms with van der Waals surface area (Å²) in [6.07, 6.45) is 0.744. The summed E-state index contributed by atoms with van der Waals surface area (Å²) in [5.41, 5.74) is 0.866. The van der Waals surface area contributed by atoms with Crippen LogP contribution in [0.5, 0.6) is 0 Å². The van der Waals surface area contributed by atoms with Crippen molar-refractivity contribution in [2.75, 3.05) is 0 Å². The van der Waals surface area contributed by atoms with Crippen LogP contribution in [-0.4, -0.2) is 16.1 Å². The van der Waals surface area contributed by atoms with Crippen molar-refractivity contribution in [3.63, 3.8) is 0 Å². The lowest BCUT2D eigenvalue weighted by Gasteiger charge is -2.00. The Bertz CT molecular complexity index is 312. The van der Waals surface area contributed by atoms with Crippen molar-refractivity contribution in [2.45, 2.75) is 13.3 Å². The number of aromatic carboxylic acids is 1. The number of rotatable bonds is 2. The molecule has 1 aromatic rings. The normalized spacial score (nSPS) is 9.83. The molecule has 0 saturated carbocycles. The van der Waals surface area contributed by atoms with Crippen molar-refractivity contribution in [1.82, 2.24) is 4.98 Å². The number of halogens is 1. The van der Waals surface area contributed by atoms with Gasteiger partial charge in [0.25, 0.3) is 0 Å². The monoisotopic (exact) mass is 229 g/mol. The molecule has 0 saturated heterocycles. The fourth-order valence-electron chi connectivity index (χ4n) is 0.829. The van der Waals surface area contributed by atoms with Gasteiger partial charge in [-0.2, -0.15) is 0 Å². The van der Waals surface area contributed by atoms with Gasteiger partial charge in [0, 0.05) is 5.69 Å². The molecule has 0 unspecified atom stereocenters. The van der Waals surface area contributed by atoms with E-state index in [4.69, 9.17) is 5.11 Å². The number of aryl methyl sites for hydroxylation is 1. The van der Waals surface area contributed by atoms with Gasteiger partial charge >= 0.3 is 5.97 Å². The van der Waals surface area contributed by atoms with Crippen LogP contribution in [0.4, 0.5) is 0 Å². The van der Waals surface area contributed by atoms with Gasteiger partial charge < -0.3 is 5.11 Å². The first-order valence-corrected chi connectivity index (χ1v) is 4.33. The van der Waals surface area contributed by atoms with Crippen molar-refractivity contribution in [1.29, 1.82) is 0 Å². The SMILES string of the molecule is CCc1ccc(Br)c(C(=O)O)n1. The molecule has 1 N–H and O–H groups in total. The minimum absolute atomic E-state index is 0.0781. The summed E-state index contributed by atoms with van der Waals surface area (Å²) in [7, 11) is 0. The van der Waals surface area contributed by atoms with Gasteiger partial charge in [0.05, 0.1) is 4.47 Å². The highest BCUT2D eigenvalue weighted by Gasteiger charge is 2.09. The summed E-state index contributed by atoms with van der Waals surface area (Å²) in [5.74, 6) is -1.00. The molecule has 0 aromatic carbocycles. The molecule has 0 spiro atoms. The maximum Gasteiger partial charge on any atom is 0.355 e. The molecular formula is C8H8BrNO2. The first kappa shape index (κ1) is 9.19. The third-order valence-electron chi connectivity index (χ3n) is 1.47. The van der Waals surface area contributed by atoms with Gasteiger partial charge in [-0.25, -0.2) is 9.78 Å². The van der Waals surface area contributed by atoms with Crippen LogP contribution in [0, 0.1) is 0 Å². The van der Waals surface area contributed by atoms with Crippen molar-refractivity contribution in [3.8, 4) is 0 Å². The molecule has 0 bridgehead atoms. The van der Waals surface area contributed by atoms with Crippen molar-refractivity contribution in [3.05, 3.63) is 28.0 Å². The van der Waals surface area contributed by atoms with Gasteiger partial charge in [-0.3, -0.25) is 0 Å². The van der Waals surface area contributed by atoms with E-state index < -0.39 is 5.97 Å². The van der Waals surface area contributed by atoms with Crippen LogP contribution < -0.4 is 0 Å². The second-order valence-electron chi connectivity index (χ2n) is 2.29. The number of carbonyl (C=O) groups is 1. The van der Waals surface area contributed by atoms with Gasteiger partial charge in [0.1, 0.15) is 0 Å². The number of carboxylic acids is 1. The molecule has 1 rings (SSSR count). The maximum absolute atomic E-state index is 10.6. The molecule has 1 heterocycles. The summed E-state index contributed by atoms with van der Waals surface area (Å²) in [6.45, 7) is 1.93. The number of carboxylic acid groups (broad SMARTS) is 1. The average Bonchev–Trinajstić information content (AvgIpc) is 2.05. The topological polar surface area (TPSA) is 50.2 Å². The van der Waals surface area contributed by atoms with Gasteiger partial charge in [0.2, 0.25) is 0 Å². The summed E-state index contributed by atoms with van der Waals surface area (Å²) >= 11 is 3.12. The van der Waals surface area contributed by atoms with Gasteiger partial charge in [-0.15, -0.1) is 0 Å². The van der Waals surface area contributed by atoms with Crippen LogP contribution in [0.15, 0.2) is 16.6 Å². The number of hydrogen-bond acceptors (Lipinski definition) is 2. The third-order valence-corrected chi connectivity index (χ3v) is 2.11. The lowest BCUT2D eigenvalue weighted by Crippen LogP contribution is -2.03. The van der Waals surface area contributed by atoms with Crippen LogP contribution >= 0.6 is 15.9 Å². The van der Waals surface area contributed by atoms with E-state index in [1.807, 2.05) is 6.92 Å². The molecule has 3 nitrogen and oxygen atoms in total. The summed E-state index contributed by atoms with van der Waals surface area (Å²) in [5, 5.41) is 8.69. The zero-order valence-corrected chi connectivity index (χ0v) is 8.13. The van der Waals surface area contributed by atoms with Crippen molar-refractivity contribution >= 4 is 21.9 Å². The summed E-state index contributed by atoms with van der Waals surface area (Å²) in [6, 6.07) is 3.51. The highest BCUT2D eigenvalue weighted by atomic mass is 79.9. The zero-order chi connectivity index (χ0) is 9.14. The fourth-order valence-corrected chi connectivity index (χ4v) is 1.22. The summed E-state index contributed by atoms with van der Waals surface area (Å²) < 4.78 is 0.521. The highest BCUT2D eigenvalue weighted by molar-refractivity contribution is 9.10. The molecule has 0 aliphatic rings. The second-order valence-corrected chi connectivity index (χ2v) is 3.15. The molecule has 0 aliphatic heterocycles. The Labute approximate surface area is 78.6 Å². The first-order valence-electron chi connectivity index (χ1n) is 3.54. The van der Waals surface area contributed by atoms with Crippen LogP contribution in [0.25, 0.3) is 0 Å². The lowest BCUT2D eigenvalue weighted by atomic mass is 10.2. The quantitative estimate of drug-likeness (QED) is 0.846. The number of hydrogen-bond donors (Lipinski definition) is 1. The second kappa shape index (κ2) is 3.67. The van der Waals surface area contributed by atoms with E-state index in [0.717, 1.165) is 12.1 Å². The maximum atomic E-state index is 10.6. The highest BCUT2D eigenvalue weighted by Crippen LogP contribution is 2.15. The van der Waals surface area contributed by atoms with Gasteiger partial charge in [0.15, 0.2) is 5.69 Å². The number of aromatic nitrogens is 1. The Morgan fingerprint density at radius 3 is 2.83 bits per heavy atom. The molecule has 1 aromatic heterocycles. The molecule has 12 heavy (non-hydrogen) atoms. The number of pyridine rings is 1. The molecule has 0 fully saturated rings. The Balaban J connectivity index is 3.17. The Kier molecular flexibility index (Phi) is 2.81. The van der Waals surface area contributed by atoms with Crippen LogP contribution in [0.2, 0.25) is 0 Å². The molecule has 64 valence electrons. The first-order chi connectivity index (χ1) is 5.65. The zero-order valence-electron chi connectivity index (χ0n) is 6.54. The third kappa shape index (κ3) is 1.82. The molecule has 0 atom stereocenters. The van der Waals surface area contributed by atoms with Crippen LogP contribution in [0.3, 0.4) is 0 Å². The molecule has 0 aliphatic carbocycles. The van der Waals surface area contributed by atoms with E-state index in [9.17, 15) is 4.79 Å². The lowest BCUT2D eigenvalue weighted by molar-refractivity contribution is 0.0689. The van der Waals surface area contributed by atoms with E-state index in [-0.39, 0.29) is 5.69 Å². The standard InChI is InChI=1S/C8H8BrNO2/c1-2-5-3-4-6(9)7(10-5)8(11)12/h3-4H,2H2,1H3,(H,11,12). The average molecular weight is 230 g/mol. The van der Waals surface area contributed by atoms with E-state index >= 15 is 0 Å². The van der Waals surface area contributed by atoms with E-state index in [1.54, 1.807) is 12.1 Å². The van der Waals surface area contributed by atoms with Crippen molar-refractivity contribution in [2.24, 2.45) is 0 Å². The molecule has 0 radical (unpaired) electrons. The van der Waals surface area contributed by atoms with Gasteiger partial charge in [-0.05, 0) is 34.5 Å². The van der Waals surface area contributed by atoms with E-state index in [2.05, 4.69) is 20.9 Å². The smallest absolute Gasteiger partial charge is 0.355 e. The largest absolute Gasteiger partial charge is 0.476 e. The van der Waals surface area contributed by atoms with Crippen LogP contribution in [0.1, 0.15) is 23.1 Å². The van der Waals surface area contributed by atoms with Gasteiger partial charge in [-0.1, -0.05) is 6.92 Å². The van der Waals surface area contributed by atoms with Crippen LogP contribution in [-0.2, 0) is 6.42 Å². The Hall–Kier alpha value is -0.900.